The maximum Gasteiger partial charge on any atom is 0.330 e. The molecule has 22 heavy (non-hydrogen) atoms. The highest BCUT2D eigenvalue weighted by molar-refractivity contribution is 5.82. The molecule has 0 saturated carbocycles. The molecule has 126 valence electrons. The van der Waals surface area contributed by atoms with Crippen LogP contribution in [0.15, 0.2) is 23.3 Å². The van der Waals surface area contributed by atoms with E-state index in [4.69, 9.17) is 4.74 Å². The number of hydrogen-bond donors (Lipinski definition) is 0. The van der Waals surface area contributed by atoms with Crippen LogP contribution in [0, 0.1) is 0 Å². The Kier molecular flexibility index (Phi) is 7.88. The van der Waals surface area contributed by atoms with E-state index in [1.165, 1.54) is 12.7 Å². The molecule has 0 spiro atoms. The number of rotatable bonds is 10. The van der Waals surface area contributed by atoms with Crippen LogP contribution in [0.4, 0.5) is 0 Å². The van der Waals surface area contributed by atoms with E-state index >= 15 is 0 Å². The smallest absolute Gasteiger partial charge is 0.330 e. The van der Waals surface area contributed by atoms with Gasteiger partial charge in [0.05, 0.1) is 18.8 Å². The molecule has 1 aliphatic rings. The Balaban J connectivity index is 2.38. The molecule has 2 atom stereocenters. The summed E-state index contributed by atoms with van der Waals surface area (Å²) in [7, 11) is 1.42. The van der Waals surface area contributed by atoms with Gasteiger partial charge in [-0.3, -0.25) is 0 Å². The van der Waals surface area contributed by atoms with E-state index in [0.717, 1.165) is 50.5 Å². The molecule has 1 aliphatic heterocycles. The molecule has 0 aromatic heterocycles. The Bertz CT molecular complexity index is 422. The minimum absolute atomic E-state index is 0.136. The minimum Gasteiger partial charge on any atom is -0.466 e. The van der Waals surface area contributed by atoms with E-state index < -0.39 is 0 Å². The van der Waals surface area contributed by atoms with E-state index in [2.05, 4.69) is 38.5 Å². The third-order valence-electron chi connectivity index (χ3n) is 4.79. The summed E-state index contributed by atoms with van der Waals surface area (Å²) in [4.78, 5) is 11.3. The van der Waals surface area contributed by atoms with E-state index in [0.29, 0.717) is 6.10 Å². The molecule has 0 bridgehead atoms. The number of esters is 1. The Morgan fingerprint density at radius 2 is 1.86 bits per heavy atom. The summed E-state index contributed by atoms with van der Waals surface area (Å²) in [5.74, 6) is -0.249. The molecule has 0 aliphatic carbocycles. The van der Waals surface area contributed by atoms with Gasteiger partial charge in [-0.25, -0.2) is 4.79 Å². The van der Waals surface area contributed by atoms with Crippen LogP contribution in [0.25, 0.3) is 0 Å². The van der Waals surface area contributed by atoms with Gasteiger partial charge in [-0.2, -0.15) is 0 Å². The van der Waals surface area contributed by atoms with Crippen LogP contribution < -0.4 is 0 Å². The molecule has 1 saturated heterocycles. The van der Waals surface area contributed by atoms with Gasteiger partial charge in [0.15, 0.2) is 0 Å². The minimum atomic E-state index is -0.249. The quantitative estimate of drug-likeness (QED) is 0.248. The van der Waals surface area contributed by atoms with Gasteiger partial charge in [-0.05, 0) is 51.9 Å². The van der Waals surface area contributed by atoms with Gasteiger partial charge in [-0.15, -0.1) is 0 Å². The molecule has 1 rings (SSSR count). The molecular weight excluding hydrogens is 276 g/mol. The Labute approximate surface area is 135 Å². The molecular formula is C19H32O3. The molecule has 0 amide bonds. The largest absolute Gasteiger partial charge is 0.466 e. The molecule has 3 nitrogen and oxygen atoms in total. The summed E-state index contributed by atoms with van der Waals surface area (Å²) in [5, 5.41) is 0. The van der Waals surface area contributed by atoms with Crippen molar-refractivity contribution >= 4 is 5.97 Å². The Hall–Kier alpha value is -1.09. The molecule has 3 heteroatoms. The summed E-state index contributed by atoms with van der Waals surface area (Å²) >= 11 is 0. The molecule has 0 unspecified atom stereocenters. The predicted octanol–water partition coefficient (Wildman–Crippen LogP) is 4.96. The Morgan fingerprint density at radius 1 is 1.18 bits per heavy atom. The van der Waals surface area contributed by atoms with Gasteiger partial charge in [0.25, 0.3) is 0 Å². The first kappa shape index (κ1) is 19.0. The number of carbonyl (C=O) groups excluding carboxylic acids is 1. The zero-order valence-corrected chi connectivity index (χ0v) is 14.9. The van der Waals surface area contributed by atoms with Crippen LogP contribution in [-0.4, -0.2) is 24.8 Å². The molecule has 0 N–H and O–H groups in total. The van der Waals surface area contributed by atoms with Crippen molar-refractivity contribution < 1.29 is 14.3 Å². The number of methoxy groups -OCH3 is 1. The fraction of sp³-hybridized carbons (Fsp3) is 0.737. The highest BCUT2D eigenvalue weighted by Crippen LogP contribution is 2.42. The summed E-state index contributed by atoms with van der Waals surface area (Å²) in [5.41, 5.74) is 2.79. The van der Waals surface area contributed by atoms with Gasteiger partial charge in [0, 0.05) is 6.08 Å². The average Bonchev–Trinajstić information content (AvgIpc) is 3.20. The van der Waals surface area contributed by atoms with Crippen LogP contribution in [0.1, 0.15) is 72.6 Å². The highest BCUT2D eigenvalue weighted by atomic mass is 16.6. The maximum atomic E-state index is 11.3. The van der Waals surface area contributed by atoms with Crippen LogP contribution in [0.3, 0.4) is 0 Å². The van der Waals surface area contributed by atoms with Crippen LogP contribution in [-0.2, 0) is 14.3 Å². The van der Waals surface area contributed by atoms with Gasteiger partial charge >= 0.3 is 5.97 Å². The number of allylic oxidation sites excluding steroid dienone is 3. The van der Waals surface area contributed by atoms with Crippen molar-refractivity contribution in [2.75, 3.05) is 7.11 Å². The number of carbonyl (C=O) groups is 1. The van der Waals surface area contributed by atoms with E-state index in [-0.39, 0.29) is 11.6 Å². The summed E-state index contributed by atoms with van der Waals surface area (Å²) in [6.45, 7) is 8.69. The molecule has 0 radical (unpaired) electrons. The highest BCUT2D eigenvalue weighted by Gasteiger charge is 2.49. The summed E-state index contributed by atoms with van der Waals surface area (Å²) in [6, 6.07) is 0. The van der Waals surface area contributed by atoms with Crippen molar-refractivity contribution in [3.05, 3.63) is 23.3 Å². The van der Waals surface area contributed by atoms with Crippen molar-refractivity contribution in [3.63, 3.8) is 0 Å². The SMILES string of the molecule is CCC(=CC(=O)OC)CCC=C(CC)CC[C@H]1O[C@@]1(C)CC. The second kappa shape index (κ2) is 9.14. The van der Waals surface area contributed by atoms with E-state index in [9.17, 15) is 4.79 Å². The lowest BCUT2D eigenvalue weighted by molar-refractivity contribution is -0.134. The zero-order valence-electron chi connectivity index (χ0n) is 14.9. The van der Waals surface area contributed by atoms with Crippen molar-refractivity contribution in [3.8, 4) is 0 Å². The van der Waals surface area contributed by atoms with E-state index in [1.54, 1.807) is 6.08 Å². The normalized spacial score (nSPS) is 25.2. The lowest BCUT2D eigenvalue weighted by Crippen LogP contribution is -2.07. The standard InChI is InChI=1S/C19H32O3/c1-6-15(12-13-17-19(4,8-3)22-17)10-9-11-16(7-2)14-18(20)21-5/h10,14,17H,6-9,11-13H2,1-5H3/t17-,19+/m1/s1. The molecule has 0 aromatic carbocycles. The fourth-order valence-corrected chi connectivity index (χ4v) is 2.74. The van der Waals surface area contributed by atoms with Crippen LogP contribution in [0.2, 0.25) is 0 Å². The van der Waals surface area contributed by atoms with Crippen molar-refractivity contribution in [1.29, 1.82) is 0 Å². The number of hydrogen-bond acceptors (Lipinski definition) is 3. The monoisotopic (exact) mass is 308 g/mol. The topological polar surface area (TPSA) is 38.8 Å². The summed E-state index contributed by atoms with van der Waals surface area (Å²) in [6.07, 6.45) is 11.7. The average molecular weight is 308 g/mol. The fourth-order valence-electron chi connectivity index (χ4n) is 2.74. The van der Waals surface area contributed by atoms with Gasteiger partial charge < -0.3 is 9.47 Å². The van der Waals surface area contributed by atoms with Crippen LogP contribution in [0.5, 0.6) is 0 Å². The second-order valence-electron chi connectivity index (χ2n) is 6.25. The number of epoxide rings is 1. The van der Waals surface area contributed by atoms with Gasteiger partial charge in [-0.1, -0.05) is 38.0 Å². The van der Waals surface area contributed by atoms with Gasteiger partial charge in [0.2, 0.25) is 0 Å². The number of ether oxygens (including phenoxy) is 2. The van der Waals surface area contributed by atoms with E-state index in [1.807, 2.05) is 0 Å². The van der Waals surface area contributed by atoms with Crippen molar-refractivity contribution in [2.24, 2.45) is 0 Å². The molecule has 0 aromatic rings. The van der Waals surface area contributed by atoms with Crippen LogP contribution >= 0.6 is 0 Å². The summed E-state index contributed by atoms with van der Waals surface area (Å²) < 4.78 is 10.5. The molecule has 1 heterocycles. The third-order valence-corrected chi connectivity index (χ3v) is 4.79. The third kappa shape index (κ3) is 5.96. The first-order valence-corrected chi connectivity index (χ1v) is 8.62. The molecule has 1 fully saturated rings. The lowest BCUT2D eigenvalue weighted by Gasteiger charge is -2.06. The predicted molar refractivity (Wildman–Crippen MR) is 90.8 cm³/mol. The first-order valence-electron chi connectivity index (χ1n) is 8.62. The van der Waals surface area contributed by atoms with Crippen molar-refractivity contribution in [2.45, 2.75) is 84.3 Å². The second-order valence-corrected chi connectivity index (χ2v) is 6.25. The first-order chi connectivity index (χ1) is 10.5. The van der Waals surface area contributed by atoms with Gasteiger partial charge in [0.1, 0.15) is 0 Å². The lowest BCUT2D eigenvalue weighted by atomic mass is 9.97. The maximum absolute atomic E-state index is 11.3. The van der Waals surface area contributed by atoms with Crippen molar-refractivity contribution in [1.82, 2.24) is 0 Å². The Morgan fingerprint density at radius 3 is 2.36 bits per heavy atom. The zero-order chi connectivity index (χ0) is 16.6.